The molecule has 0 saturated heterocycles. The largest absolute Gasteiger partial charge is 0.497 e. The summed E-state index contributed by atoms with van der Waals surface area (Å²) in [4.78, 5) is 0. The molecule has 0 aliphatic carbocycles. The molecule has 4 nitrogen and oxygen atoms in total. The van der Waals surface area contributed by atoms with Crippen LogP contribution in [0, 0.1) is 0 Å². The minimum Gasteiger partial charge on any atom is -0.497 e. The Morgan fingerprint density at radius 1 is 1.29 bits per heavy atom. The highest BCUT2D eigenvalue weighted by molar-refractivity contribution is 5.51. The van der Waals surface area contributed by atoms with Gasteiger partial charge in [0, 0.05) is 5.69 Å². The Bertz CT molecular complexity index is 354. The maximum atomic E-state index is 5.78. The summed E-state index contributed by atoms with van der Waals surface area (Å²) in [7, 11) is 1.60. The van der Waals surface area contributed by atoms with Gasteiger partial charge in [0.1, 0.15) is 18.3 Å². The van der Waals surface area contributed by atoms with E-state index in [4.69, 9.17) is 19.9 Å². The fraction of sp³-hybridized carbons (Fsp3) is 0.200. The summed E-state index contributed by atoms with van der Waals surface area (Å²) in [6, 6.07) is 5.35. The molecule has 2 rings (SSSR count). The minimum absolute atomic E-state index is 0.454. The second-order valence-corrected chi connectivity index (χ2v) is 2.87. The van der Waals surface area contributed by atoms with Crippen molar-refractivity contribution >= 4 is 5.69 Å². The van der Waals surface area contributed by atoms with Gasteiger partial charge in [-0.15, -0.1) is 0 Å². The zero-order valence-electron chi connectivity index (χ0n) is 7.77. The number of rotatable bonds is 2. The summed E-state index contributed by atoms with van der Waals surface area (Å²) in [6.45, 7) is 0. The van der Waals surface area contributed by atoms with Crippen LogP contribution in [-0.4, -0.2) is 7.11 Å². The Kier molecular flexibility index (Phi) is 2.18. The molecule has 2 N–H and O–H groups in total. The average Bonchev–Trinajstić information content (AvgIpc) is 2.71. The molecule has 0 unspecified atom stereocenters. The number of anilines is 1. The van der Waals surface area contributed by atoms with E-state index in [-0.39, 0.29) is 0 Å². The fourth-order valence-corrected chi connectivity index (χ4v) is 1.27. The molecule has 1 aromatic carbocycles. The normalized spacial score (nSPS) is 14.9. The van der Waals surface area contributed by atoms with Gasteiger partial charge in [-0.2, -0.15) is 0 Å². The van der Waals surface area contributed by atoms with Gasteiger partial charge in [-0.25, -0.2) is 0 Å². The van der Waals surface area contributed by atoms with Crippen LogP contribution in [0.4, 0.5) is 5.69 Å². The van der Waals surface area contributed by atoms with E-state index in [1.54, 1.807) is 25.3 Å². The Morgan fingerprint density at radius 3 is 2.64 bits per heavy atom. The monoisotopic (exact) mass is 193 g/mol. The summed E-state index contributed by atoms with van der Waals surface area (Å²) in [5, 5.41) is 0. The predicted octanol–water partition coefficient (Wildman–Crippen LogP) is 1.79. The molecule has 0 saturated carbocycles. The van der Waals surface area contributed by atoms with Crippen LogP contribution in [-0.2, 0) is 9.47 Å². The van der Waals surface area contributed by atoms with E-state index < -0.39 is 6.29 Å². The molecule has 0 bridgehead atoms. The molecule has 0 radical (unpaired) electrons. The predicted molar refractivity (Wildman–Crippen MR) is 51.5 cm³/mol. The van der Waals surface area contributed by atoms with Crippen LogP contribution < -0.4 is 10.5 Å². The smallest absolute Gasteiger partial charge is 0.268 e. The Morgan fingerprint density at radius 2 is 2.00 bits per heavy atom. The number of benzene rings is 1. The molecule has 0 fully saturated rings. The molecular weight excluding hydrogens is 182 g/mol. The highest BCUT2D eigenvalue weighted by Crippen LogP contribution is 2.31. The van der Waals surface area contributed by atoms with E-state index in [0.29, 0.717) is 5.69 Å². The van der Waals surface area contributed by atoms with Crippen LogP contribution in [0.2, 0.25) is 0 Å². The quantitative estimate of drug-likeness (QED) is 0.727. The first-order chi connectivity index (χ1) is 6.81. The molecule has 14 heavy (non-hydrogen) atoms. The van der Waals surface area contributed by atoms with Crippen LogP contribution in [0.15, 0.2) is 30.7 Å². The van der Waals surface area contributed by atoms with Gasteiger partial charge >= 0.3 is 0 Å². The molecule has 1 aliphatic heterocycles. The lowest BCUT2D eigenvalue weighted by Gasteiger charge is -2.13. The third kappa shape index (κ3) is 1.46. The van der Waals surface area contributed by atoms with Gasteiger partial charge in [-0.3, -0.25) is 0 Å². The van der Waals surface area contributed by atoms with Crippen molar-refractivity contribution in [3.63, 3.8) is 0 Å². The first-order valence-electron chi connectivity index (χ1n) is 4.20. The molecule has 4 heteroatoms. The third-order valence-electron chi connectivity index (χ3n) is 2.01. The number of ether oxygens (including phenoxy) is 3. The van der Waals surface area contributed by atoms with Crippen molar-refractivity contribution in [2.45, 2.75) is 6.29 Å². The Labute approximate surface area is 81.9 Å². The fourth-order valence-electron chi connectivity index (χ4n) is 1.27. The lowest BCUT2D eigenvalue weighted by Crippen LogP contribution is -2.03. The molecule has 0 atom stereocenters. The van der Waals surface area contributed by atoms with E-state index in [1.807, 2.05) is 0 Å². The van der Waals surface area contributed by atoms with E-state index in [2.05, 4.69) is 0 Å². The van der Waals surface area contributed by atoms with Crippen LogP contribution >= 0.6 is 0 Å². The number of methoxy groups -OCH3 is 1. The second-order valence-electron chi connectivity index (χ2n) is 2.87. The van der Waals surface area contributed by atoms with Crippen molar-refractivity contribution in [3.05, 3.63) is 36.3 Å². The SMILES string of the molecule is COc1ccc(N)c(C2OC=CO2)c1. The lowest BCUT2D eigenvalue weighted by molar-refractivity contribution is -0.0241. The molecule has 0 spiro atoms. The molecule has 74 valence electrons. The van der Waals surface area contributed by atoms with Crippen molar-refractivity contribution in [3.8, 4) is 5.75 Å². The van der Waals surface area contributed by atoms with E-state index in [9.17, 15) is 0 Å². The van der Waals surface area contributed by atoms with Gasteiger partial charge in [0.25, 0.3) is 6.29 Å². The average molecular weight is 193 g/mol. The maximum Gasteiger partial charge on any atom is 0.268 e. The first kappa shape index (κ1) is 8.74. The molecule has 1 heterocycles. The highest BCUT2D eigenvalue weighted by atomic mass is 16.7. The summed E-state index contributed by atoms with van der Waals surface area (Å²) < 4.78 is 15.4. The van der Waals surface area contributed by atoms with Crippen molar-refractivity contribution < 1.29 is 14.2 Å². The number of nitrogens with two attached hydrogens (primary N) is 1. The second kappa shape index (κ2) is 3.49. The summed E-state index contributed by atoms with van der Waals surface area (Å²) >= 11 is 0. The van der Waals surface area contributed by atoms with Gasteiger partial charge in [-0.05, 0) is 18.2 Å². The molecular formula is C10H11NO3. The van der Waals surface area contributed by atoms with Gasteiger partial charge in [0.15, 0.2) is 0 Å². The molecule has 1 aromatic rings. The Hall–Kier alpha value is -1.84. The van der Waals surface area contributed by atoms with Crippen molar-refractivity contribution in [1.82, 2.24) is 0 Å². The van der Waals surface area contributed by atoms with Crippen molar-refractivity contribution in [2.24, 2.45) is 0 Å². The Balaban J connectivity index is 2.30. The first-order valence-corrected chi connectivity index (χ1v) is 4.20. The van der Waals surface area contributed by atoms with Crippen molar-refractivity contribution in [2.75, 3.05) is 12.8 Å². The molecule has 0 amide bonds. The zero-order valence-corrected chi connectivity index (χ0v) is 7.77. The van der Waals surface area contributed by atoms with E-state index in [1.165, 1.54) is 12.5 Å². The summed E-state index contributed by atoms with van der Waals surface area (Å²) in [6.07, 6.45) is 2.53. The summed E-state index contributed by atoms with van der Waals surface area (Å²) in [5.41, 5.74) is 7.18. The van der Waals surface area contributed by atoms with E-state index in [0.717, 1.165) is 11.3 Å². The topological polar surface area (TPSA) is 53.7 Å². The standard InChI is InChI=1S/C10H11NO3/c1-12-7-2-3-9(11)8(6-7)10-13-4-5-14-10/h2-6,10H,11H2,1H3. The van der Waals surface area contributed by atoms with Gasteiger partial charge in [-0.1, -0.05) is 0 Å². The van der Waals surface area contributed by atoms with Crippen LogP contribution in [0.25, 0.3) is 0 Å². The molecule has 1 aliphatic rings. The van der Waals surface area contributed by atoms with Gasteiger partial charge < -0.3 is 19.9 Å². The number of nitrogen functional groups attached to an aromatic ring is 1. The van der Waals surface area contributed by atoms with E-state index >= 15 is 0 Å². The van der Waals surface area contributed by atoms with Gasteiger partial charge in [0.05, 0.1) is 12.7 Å². The summed E-state index contributed by atoms with van der Waals surface area (Å²) in [5.74, 6) is 0.730. The van der Waals surface area contributed by atoms with Crippen LogP contribution in [0.5, 0.6) is 5.75 Å². The lowest BCUT2D eigenvalue weighted by atomic mass is 10.1. The zero-order chi connectivity index (χ0) is 9.97. The minimum atomic E-state index is -0.454. The number of hydrogen-bond acceptors (Lipinski definition) is 4. The van der Waals surface area contributed by atoms with Crippen molar-refractivity contribution in [1.29, 1.82) is 0 Å². The maximum absolute atomic E-state index is 5.78. The van der Waals surface area contributed by atoms with Gasteiger partial charge in [0.2, 0.25) is 0 Å². The van der Waals surface area contributed by atoms with Crippen LogP contribution in [0.3, 0.4) is 0 Å². The highest BCUT2D eigenvalue weighted by Gasteiger charge is 2.18. The third-order valence-corrected chi connectivity index (χ3v) is 2.01. The number of hydrogen-bond donors (Lipinski definition) is 1. The molecule has 0 aromatic heterocycles. The van der Waals surface area contributed by atoms with Crippen LogP contribution in [0.1, 0.15) is 11.9 Å².